The van der Waals surface area contributed by atoms with Gasteiger partial charge in [0.1, 0.15) is 0 Å². The average Bonchev–Trinajstić information content (AvgIpc) is 2.48. The Hall–Kier alpha value is -1.11. The molecule has 2 aliphatic rings. The van der Waals surface area contributed by atoms with Crippen LogP contribution in [0.25, 0.3) is 0 Å². The first-order valence-corrected chi connectivity index (χ1v) is 7.10. The molecule has 108 valence electrons. The monoisotopic (exact) mass is 276 g/mol. The number of aromatic nitrogens is 1. The zero-order chi connectivity index (χ0) is 14.5. The average molecular weight is 276 g/mol. The van der Waals surface area contributed by atoms with E-state index in [1.165, 1.54) is 0 Å². The molecule has 0 radical (unpaired) electrons. The van der Waals surface area contributed by atoms with Gasteiger partial charge in [-0.25, -0.2) is 0 Å². The lowest BCUT2D eigenvalue weighted by Gasteiger charge is -2.32. The molecule has 0 amide bonds. The van der Waals surface area contributed by atoms with Crippen molar-refractivity contribution in [3.05, 3.63) is 28.2 Å². The van der Waals surface area contributed by atoms with Crippen molar-refractivity contribution in [3.8, 4) is 0 Å². The Morgan fingerprint density at radius 1 is 1.20 bits per heavy atom. The summed E-state index contributed by atoms with van der Waals surface area (Å²) in [7, 11) is -0.474. The fraction of sp³-hybridized carbons (Fsp3) is 0.643. The predicted molar refractivity (Wildman–Crippen MR) is 78.4 cm³/mol. The summed E-state index contributed by atoms with van der Waals surface area (Å²) in [5.74, 6) is 0.244. The minimum absolute atomic E-state index is 0.0382. The molecule has 2 aliphatic heterocycles. The van der Waals surface area contributed by atoms with Gasteiger partial charge < -0.3 is 19.6 Å². The van der Waals surface area contributed by atoms with Crippen LogP contribution in [0.1, 0.15) is 39.2 Å². The van der Waals surface area contributed by atoms with Crippen molar-refractivity contribution in [2.24, 2.45) is 0 Å². The largest absolute Gasteiger partial charge is 0.495 e. The van der Waals surface area contributed by atoms with Crippen LogP contribution in [0.3, 0.4) is 0 Å². The minimum atomic E-state index is -0.474. The van der Waals surface area contributed by atoms with Crippen molar-refractivity contribution in [2.45, 2.75) is 44.8 Å². The second-order valence-electron chi connectivity index (χ2n) is 6.62. The van der Waals surface area contributed by atoms with Gasteiger partial charge in [-0.2, -0.15) is 0 Å². The second kappa shape index (κ2) is 4.45. The van der Waals surface area contributed by atoms with Gasteiger partial charge in [-0.15, -0.1) is 0 Å². The molecule has 20 heavy (non-hydrogen) atoms. The fourth-order valence-corrected chi connectivity index (χ4v) is 2.60. The predicted octanol–water partition coefficient (Wildman–Crippen LogP) is 0.361. The number of aromatic amines is 1. The molecule has 0 aliphatic carbocycles. The maximum Gasteiger partial charge on any atom is 0.495 e. The highest BCUT2D eigenvalue weighted by molar-refractivity contribution is 6.62. The van der Waals surface area contributed by atoms with E-state index in [-0.39, 0.29) is 11.5 Å². The zero-order valence-corrected chi connectivity index (χ0v) is 12.4. The summed E-state index contributed by atoms with van der Waals surface area (Å²) < 4.78 is 12.1. The van der Waals surface area contributed by atoms with Crippen LogP contribution in [0.4, 0.5) is 0 Å². The normalized spacial score (nSPS) is 24.7. The third-order valence-electron chi connectivity index (χ3n) is 4.73. The maximum atomic E-state index is 12.2. The van der Waals surface area contributed by atoms with Gasteiger partial charge in [0.15, 0.2) is 0 Å². The molecule has 0 atom stereocenters. The van der Waals surface area contributed by atoms with E-state index in [9.17, 15) is 4.79 Å². The third-order valence-corrected chi connectivity index (χ3v) is 4.73. The van der Waals surface area contributed by atoms with Gasteiger partial charge in [-0.05, 0) is 39.2 Å². The first-order valence-electron chi connectivity index (χ1n) is 7.10. The SMILES string of the molecule is CC1(C)OB(c2cc[nH]c(=O)c2C2CNC2)OC1(C)C. The van der Waals surface area contributed by atoms with E-state index in [2.05, 4.69) is 10.3 Å². The van der Waals surface area contributed by atoms with Gasteiger partial charge in [0.05, 0.1) is 11.2 Å². The first-order chi connectivity index (χ1) is 9.32. The molecule has 0 aromatic carbocycles. The Kier molecular flexibility index (Phi) is 3.08. The molecule has 0 unspecified atom stereocenters. The molecule has 1 aromatic heterocycles. The molecular weight excluding hydrogens is 255 g/mol. The van der Waals surface area contributed by atoms with Crippen molar-refractivity contribution in [3.63, 3.8) is 0 Å². The van der Waals surface area contributed by atoms with Gasteiger partial charge in [0.2, 0.25) is 0 Å². The van der Waals surface area contributed by atoms with Gasteiger partial charge in [-0.3, -0.25) is 4.79 Å². The highest BCUT2D eigenvalue weighted by Gasteiger charge is 2.52. The zero-order valence-electron chi connectivity index (χ0n) is 12.4. The Morgan fingerprint density at radius 2 is 1.80 bits per heavy atom. The Bertz CT molecular complexity index is 562. The van der Waals surface area contributed by atoms with E-state index in [0.717, 1.165) is 24.1 Å². The summed E-state index contributed by atoms with van der Waals surface area (Å²) in [4.78, 5) is 14.9. The second-order valence-corrected chi connectivity index (χ2v) is 6.62. The molecule has 2 N–H and O–H groups in total. The van der Waals surface area contributed by atoms with Crippen molar-refractivity contribution < 1.29 is 9.31 Å². The van der Waals surface area contributed by atoms with E-state index in [1.54, 1.807) is 6.20 Å². The van der Waals surface area contributed by atoms with Crippen LogP contribution in [-0.2, 0) is 9.31 Å². The molecule has 2 saturated heterocycles. The van der Waals surface area contributed by atoms with Gasteiger partial charge >= 0.3 is 7.12 Å². The maximum absolute atomic E-state index is 12.2. The molecule has 3 heterocycles. The smallest absolute Gasteiger partial charge is 0.399 e. The van der Waals surface area contributed by atoms with E-state index < -0.39 is 18.3 Å². The van der Waals surface area contributed by atoms with Crippen molar-refractivity contribution in [1.29, 1.82) is 0 Å². The van der Waals surface area contributed by atoms with Gasteiger partial charge in [0.25, 0.3) is 5.56 Å². The quantitative estimate of drug-likeness (QED) is 0.766. The summed E-state index contributed by atoms with van der Waals surface area (Å²) in [6.07, 6.45) is 1.66. The van der Waals surface area contributed by atoms with E-state index in [4.69, 9.17) is 9.31 Å². The number of hydrogen-bond donors (Lipinski definition) is 2. The fourth-order valence-electron chi connectivity index (χ4n) is 2.60. The molecule has 2 fully saturated rings. The summed E-state index contributed by atoms with van der Waals surface area (Å²) in [6.45, 7) is 9.74. The summed E-state index contributed by atoms with van der Waals surface area (Å²) >= 11 is 0. The minimum Gasteiger partial charge on any atom is -0.399 e. The lowest BCUT2D eigenvalue weighted by atomic mass is 9.72. The van der Waals surface area contributed by atoms with Crippen LogP contribution in [0, 0.1) is 0 Å². The molecule has 1 aromatic rings. The van der Waals surface area contributed by atoms with E-state index >= 15 is 0 Å². The van der Waals surface area contributed by atoms with Crippen LogP contribution >= 0.6 is 0 Å². The topological polar surface area (TPSA) is 63.4 Å². The number of pyridine rings is 1. The van der Waals surface area contributed by atoms with Gasteiger partial charge in [0, 0.05) is 30.8 Å². The van der Waals surface area contributed by atoms with Crippen LogP contribution in [0.15, 0.2) is 17.1 Å². The highest BCUT2D eigenvalue weighted by atomic mass is 16.7. The van der Waals surface area contributed by atoms with E-state index in [1.807, 2.05) is 33.8 Å². The molecule has 0 spiro atoms. The highest BCUT2D eigenvalue weighted by Crippen LogP contribution is 2.36. The number of H-pyrrole nitrogens is 1. The van der Waals surface area contributed by atoms with E-state index in [0.29, 0.717) is 0 Å². The van der Waals surface area contributed by atoms with Crippen molar-refractivity contribution >= 4 is 12.6 Å². The Morgan fingerprint density at radius 3 is 2.30 bits per heavy atom. The number of nitrogens with one attached hydrogen (secondary N) is 2. The van der Waals surface area contributed by atoms with Crippen molar-refractivity contribution in [2.75, 3.05) is 13.1 Å². The van der Waals surface area contributed by atoms with Crippen LogP contribution in [0.2, 0.25) is 0 Å². The van der Waals surface area contributed by atoms with Crippen molar-refractivity contribution in [1.82, 2.24) is 10.3 Å². The van der Waals surface area contributed by atoms with Gasteiger partial charge in [-0.1, -0.05) is 0 Å². The molecule has 5 nitrogen and oxygen atoms in total. The first kappa shape index (κ1) is 13.9. The lowest BCUT2D eigenvalue weighted by molar-refractivity contribution is 0.00578. The van der Waals surface area contributed by atoms with Crippen LogP contribution < -0.4 is 16.3 Å². The number of rotatable bonds is 2. The lowest BCUT2D eigenvalue weighted by Crippen LogP contribution is -2.49. The Balaban J connectivity index is 2.00. The summed E-state index contributed by atoms with van der Waals surface area (Å²) in [5.41, 5.74) is 0.831. The number of hydrogen-bond acceptors (Lipinski definition) is 4. The molecule has 0 bridgehead atoms. The molecular formula is C14H21BN2O3. The molecule has 3 rings (SSSR count). The van der Waals surface area contributed by atoms with Crippen LogP contribution in [-0.4, -0.2) is 36.4 Å². The molecule has 0 saturated carbocycles. The summed E-state index contributed by atoms with van der Waals surface area (Å²) in [5, 5.41) is 3.20. The van der Waals surface area contributed by atoms with Crippen LogP contribution in [0.5, 0.6) is 0 Å². The summed E-state index contributed by atoms with van der Waals surface area (Å²) in [6, 6.07) is 1.90. The molecule has 6 heteroatoms. The Labute approximate surface area is 119 Å². The standard InChI is InChI=1S/C14H21BN2O3/c1-13(2)14(3,4)20-15(19-13)10-5-6-17-12(18)11(10)9-7-16-8-9/h5-6,9,16H,7-8H2,1-4H3,(H,17,18). The third kappa shape index (κ3) is 2.03.